The molecule has 7 nitrogen and oxygen atoms in total. The number of methoxy groups -OCH3 is 1. The molecule has 130 valence electrons. The Labute approximate surface area is 143 Å². The van der Waals surface area contributed by atoms with E-state index in [1.54, 1.807) is 24.3 Å². The highest BCUT2D eigenvalue weighted by atomic mass is 19.1. The van der Waals surface area contributed by atoms with E-state index in [1.807, 2.05) is 0 Å². The highest BCUT2D eigenvalue weighted by molar-refractivity contribution is 5.96. The summed E-state index contributed by atoms with van der Waals surface area (Å²) in [6, 6.07) is 10.1. The fourth-order valence-electron chi connectivity index (χ4n) is 1.96. The molecule has 0 atom stereocenters. The molecule has 8 heteroatoms. The topological polar surface area (TPSA) is 91.2 Å². The predicted octanol–water partition coefficient (Wildman–Crippen LogP) is 2.06. The lowest BCUT2D eigenvalue weighted by Crippen LogP contribution is -2.21. The van der Waals surface area contributed by atoms with E-state index in [0.29, 0.717) is 11.3 Å². The summed E-state index contributed by atoms with van der Waals surface area (Å²) in [5.41, 5.74) is 1.86. The number of halogens is 1. The van der Waals surface area contributed by atoms with Crippen molar-refractivity contribution in [1.29, 1.82) is 0 Å². The van der Waals surface area contributed by atoms with Gasteiger partial charge in [-0.1, -0.05) is 0 Å². The third-order valence-corrected chi connectivity index (χ3v) is 3.37. The monoisotopic (exact) mass is 345 g/mol. The zero-order valence-corrected chi connectivity index (χ0v) is 13.6. The van der Waals surface area contributed by atoms with Crippen molar-refractivity contribution in [3.05, 3.63) is 65.0 Å². The van der Waals surface area contributed by atoms with Gasteiger partial charge in [0, 0.05) is 23.7 Å². The van der Waals surface area contributed by atoms with E-state index in [2.05, 4.69) is 5.10 Å². The van der Waals surface area contributed by atoms with E-state index < -0.39 is 11.7 Å². The third kappa shape index (κ3) is 4.39. The molecule has 0 aromatic heterocycles. The highest BCUT2D eigenvalue weighted by Gasteiger charge is 2.11. The number of hydrogen-bond donors (Lipinski definition) is 2. The van der Waals surface area contributed by atoms with E-state index in [4.69, 9.17) is 9.94 Å². The Balaban J connectivity index is 2.12. The van der Waals surface area contributed by atoms with Crippen molar-refractivity contribution in [2.24, 2.45) is 5.10 Å². The summed E-state index contributed by atoms with van der Waals surface area (Å²) < 4.78 is 19.0. The van der Waals surface area contributed by atoms with E-state index in [-0.39, 0.29) is 17.0 Å². The normalized spacial score (nSPS) is 10.6. The van der Waals surface area contributed by atoms with Gasteiger partial charge in [0.05, 0.1) is 13.3 Å². The second-order valence-electron chi connectivity index (χ2n) is 4.98. The van der Waals surface area contributed by atoms with Gasteiger partial charge >= 0.3 is 0 Å². The minimum absolute atomic E-state index is 0.0418. The van der Waals surface area contributed by atoms with Gasteiger partial charge in [-0.15, -0.1) is 0 Å². The van der Waals surface area contributed by atoms with Crippen LogP contribution in [-0.4, -0.2) is 42.4 Å². The average molecular weight is 345 g/mol. The van der Waals surface area contributed by atoms with Gasteiger partial charge in [-0.3, -0.25) is 14.8 Å². The molecule has 0 aliphatic heterocycles. The summed E-state index contributed by atoms with van der Waals surface area (Å²) >= 11 is 0. The van der Waals surface area contributed by atoms with E-state index in [9.17, 15) is 14.0 Å². The third-order valence-electron chi connectivity index (χ3n) is 3.37. The number of hydrazone groups is 1. The van der Waals surface area contributed by atoms with Crippen molar-refractivity contribution in [1.82, 2.24) is 10.5 Å². The molecule has 0 saturated heterocycles. The van der Waals surface area contributed by atoms with Gasteiger partial charge in [0.25, 0.3) is 11.8 Å². The molecule has 2 N–H and O–H groups in total. The average Bonchev–Trinajstić information content (AvgIpc) is 2.65. The van der Waals surface area contributed by atoms with Crippen LogP contribution in [-0.2, 0) is 0 Å². The zero-order valence-electron chi connectivity index (χ0n) is 13.6. The first-order valence-corrected chi connectivity index (χ1v) is 7.16. The van der Waals surface area contributed by atoms with Gasteiger partial charge in [-0.2, -0.15) is 5.10 Å². The van der Waals surface area contributed by atoms with E-state index in [1.165, 1.54) is 31.8 Å². The molecule has 25 heavy (non-hydrogen) atoms. The SMILES string of the molecule is COc1ccc(C(=O)N(C)N=Cc2ccc(C(=O)NO)cc2F)cc1. The Kier molecular flexibility index (Phi) is 5.80. The molecule has 0 fully saturated rings. The van der Waals surface area contributed by atoms with Crippen LogP contribution in [0.3, 0.4) is 0 Å². The quantitative estimate of drug-likeness (QED) is 0.493. The van der Waals surface area contributed by atoms with Crippen molar-refractivity contribution in [2.45, 2.75) is 0 Å². The fraction of sp³-hybridized carbons (Fsp3) is 0.118. The van der Waals surface area contributed by atoms with Crippen LogP contribution in [0, 0.1) is 5.82 Å². The molecular weight excluding hydrogens is 329 g/mol. The molecule has 0 aliphatic carbocycles. The molecule has 2 aromatic carbocycles. The zero-order chi connectivity index (χ0) is 18.4. The number of ether oxygens (including phenoxy) is 1. The lowest BCUT2D eigenvalue weighted by atomic mass is 10.1. The maximum Gasteiger partial charge on any atom is 0.274 e. The van der Waals surface area contributed by atoms with Crippen LogP contribution in [0.2, 0.25) is 0 Å². The number of carbonyl (C=O) groups is 2. The lowest BCUT2D eigenvalue weighted by Gasteiger charge is -2.11. The predicted molar refractivity (Wildman–Crippen MR) is 88.3 cm³/mol. The highest BCUT2D eigenvalue weighted by Crippen LogP contribution is 2.13. The number of nitrogens with zero attached hydrogens (tertiary/aromatic N) is 2. The first-order chi connectivity index (χ1) is 12.0. The first-order valence-electron chi connectivity index (χ1n) is 7.16. The van der Waals surface area contributed by atoms with Crippen LogP contribution in [0.4, 0.5) is 4.39 Å². The number of hydroxylamine groups is 1. The number of carbonyl (C=O) groups excluding carboxylic acids is 2. The molecule has 0 saturated carbocycles. The van der Waals surface area contributed by atoms with Crippen LogP contribution in [0.5, 0.6) is 5.75 Å². The summed E-state index contributed by atoms with van der Waals surface area (Å²) in [5.74, 6) is -1.29. The largest absolute Gasteiger partial charge is 0.497 e. The van der Waals surface area contributed by atoms with Gasteiger partial charge in [-0.05, 0) is 42.5 Å². The summed E-state index contributed by atoms with van der Waals surface area (Å²) in [5, 5.41) is 13.5. The number of benzene rings is 2. The smallest absolute Gasteiger partial charge is 0.274 e. The van der Waals surface area contributed by atoms with E-state index >= 15 is 0 Å². The molecule has 2 amide bonds. The number of hydrogen-bond acceptors (Lipinski definition) is 5. The maximum absolute atomic E-state index is 13.9. The second-order valence-corrected chi connectivity index (χ2v) is 4.98. The first kappa shape index (κ1) is 18.1. The Morgan fingerprint density at radius 1 is 1.20 bits per heavy atom. The van der Waals surface area contributed by atoms with Gasteiger partial charge in [-0.25, -0.2) is 14.9 Å². The Bertz CT molecular complexity index is 806. The number of amides is 2. The van der Waals surface area contributed by atoms with Crippen LogP contribution in [0.15, 0.2) is 47.6 Å². The molecule has 0 bridgehead atoms. The molecular formula is C17H16FN3O4. The Hall–Kier alpha value is -3.26. The fourth-order valence-corrected chi connectivity index (χ4v) is 1.96. The lowest BCUT2D eigenvalue weighted by molar-refractivity contribution is 0.0705. The standard InChI is InChI=1S/C17H16FN3O4/c1-21(17(23)11-5-7-14(25-2)8-6-11)19-10-13-4-3-12(9-15(13)18)16(22)20-24/h3-10,24H,1-2H3,(H,20,22). The number of rotatable bonds is 5. The summed E-state index contributed by atoms with van der Waals surface area (Å²) in [6.07, 6.45) is 1.16. The van der Waals surface area contributed by atoms with Crippen molar-refractivity contribution >= 4 is 18.0 Å². The summed E-state index contributed by atoms with van der Waals surface area (Å²) in [6.45, 7) is 0. The molecule has 0 spiro atoms. The van der Waals surface area contributed by atoms with Crippen LogP contribution >= 0.6 is 0 Å². The minimum Gasteiger partial charge on any atom is -0.497 e. The van der Waals surface area contributed by atoms with Crippen molar-refractivity contribution < 1.29 is 23.9 Å². The minimum atomic E-state index is -0.825. The van der Waals surface area contributed by atoms with Gasteiger partial charge < -0.3 is 4.74 Å². The van der Waals surface area contributed by atoms with Crippen LogP contribution in [0.1, 0.15) is 26.3 Å². The van der Waals surface area contributed by atoms with Crippen LogP contribution in [0.25, 0.3) is 0 Å². The van der Waals surface area contributed by atoms with Gasteiger partial charge in [0.2, 0.25) is 0 Å². The van der Waals surface area contributed by atoms with Crippen molar-refractivity contribution in [2.75, 3.05) is 14.2 Å². The number of nitrogens with one attached hydrogen (secondary N) is 1. The maximum atomic E-state index is 13.9. The van der Waals surface area contributed by atoms with Crippen molar-refractivity contribution in [3.63, 3.8) is 0 Å². The summed E-state index contributed by atoms with van der Waals surface area (Å²) in [7, 11) is 2.96. The molecule has 0 radical (unpaired) electrons. The molecule has 2 rings (SSSR count). The van der Waals surface area contributed by atoms with Gasteiger partial charge in [0.15, 0.2) is 0 Å². The summed E-state index contributed by atoms with van der Waals surface area (Å²) in [4.78, 5) is 23.4. The van der Waals surface area contributed by atoms with Gasteiger partial charge in [0.1, 0.15) is 11.6 Å². The van der Waals surface area contributed by atoms with E-state index in [0.717, 1.165) is 17.3 Å². The Morgan fingerprint density at radius 3 is 2.40 bits per heavy atom. The molecule has 2 aromatic rings. The molecule has 0 unspecified atom stereocenters. The molecule has 0 aliphatic rings. The Morgan fingerprint density at radius 2 is 1.84 bits per heavy atom. The molecule has 0 heterocycles. The van der Waals surface area contributed by atoms with Crippen molar-refractivity contribution in [3.8, 4) is 5.75 Å². The second kappa shape index (κ2) is 8.02. The van der Waals surface area contributed by atoms with Crippen LogP contribution < -0.4 is 10.2 Å².